The largest absolute Gasteiger partial charge is 0.454 e. The van der Waals surface area contributed by atoms with Crippen LogP contribution in [0, 0.1) is 0 Å². The molecule has 3 rings (SSSR count). The Morgan fingerprint density at radius 2 is 1.63 bits per heavy atom. The van der Waals surface area contributed by atoms with Crippen molar-refractivity contribution in [3.05, 3.63) is 66.2 Å². The van der Waals surface area contributed by atoms with Gasteiger partial charge in [0.15, 0.2) is 6.61 Å². The van der Waals surface area contributed by atoms with Crippen molar-refractivity contribution in [1.82, 2.24) is 10.2 Å². The van der Waals surface area contributed by atoms with Crippen molar-refractivity contribution in [1.29, 1.82) is 0 Å². The summed E-state index contributed by atoms with van der Waals surface area (Å²) in [4.78, 5) is 52.0. The number of imide groups is 1. The molecule has 30 heavy (non-hydrogen) atoms. The third kappa shape index (κ3) is 4.17. The molecule has 0 spiro atoms. The molecule has 0 aromatic heterocycles. The minimum atomic E-state index is -1.26. The van der Waals surface area contributed by atoms with Crippen LogP contribution in [0.4, 0.5) is 10.5 Å². The summed E-state index contributed by atoms with van der Waals surface area (Å²) in [5.41, 5.74) is 0.0328. The molecule has 1 heterocycles. The molecule has 0 radical (unpaired) electrons. The van der Waals surface area contributed by atoms with Crippen molar-refractivity contribution >= 4 is 29.5 Å². The van der Waals surface area contributed by atoms with E-state index >= 15 is 0 Å². The van der Waals surface area contributed by atoms with Gasteiger partial charge in [0.05, 0.1) is 0 Å². The second-order valence-corrected chi connectivity index (χ2v) is 6.95. The molecular weight excluding hydrogens is 386 g/mol. The predicted octanol–water partition coefficient (Wildman–Crippen LogP) is 2.05. The molecule has 2 aromatic rings. The first kappa shape index (κ1) is 21.0. The van der Waals surface area contributed by atoms with E-state index in [4.69, 9.17) is 4.74 Å². The molecule has 156 valence electrons. The molecule has 1 unspecified atom stereocenters. The zero-order chi connectivity index (χ0) is 21.7. The SMILES string of the molecule is CCN(C(=O)COC(=O)CN1C(=O)NC(C)(c2ccccc2)C1=O)c1ccccc1. The second-order valence-electron chi connectivity index (χ2n) is 6.95. The molecule has 2 aromatic carbocycles. The molecule has 1 saturated heterocycles. The first-order valence-electron chi connectivity index (χ1n) is 9.57. The Kier molecular flexibility index (Phi) is 6.15. The molecule has 1 N–H and O–H groups in total. The zero-order valence-electron chi connectivity index (χ0n) is 16.8. The Balaban J connectivity index is 1.60. The molecule has 0 saturated carbocycles. The molecule has 1 atom stereocenters. The number of carbonyl (C=O) groups is 4. The number of urea groups is 1. The highest BCUT2D eigenvalue weighted by molar-refractivity contribution is 6.09. The van der Waals surface area contributed by atoms with Gasteiger partial charge in [0.1, 0.15) is 12.1 Å². The van der Waals surface area contributed by atoms with Crippen LogP contribution in [0.15, 0.2) is 60.7 Å². The van der Waals surface area contributed by atoms with Crippen molar-refractivity contribution < 1.29 is 23.9 Å². The summed E-state index contributed by atoms with van der Waals surface area (Å²) in [6.07, 6.45) is 0. The summed E-state index contributed by atoms with van der Waals surface area (Å²) in [5.74, 6) is -1.79. The number of rotatable bonds is 7. The topological polar surface area (TPSA) is 96.0 Å². The van der Waals surface area contributed by atoms with Gasteiger partial charge in [0, 0.05) is 12.2 Å². The summed E-state index contributed by atoms with van der Waals surface area (Å²) in [6.45, 7) is 2.74. The second kappa shape index (κ2) is 8.77. The summed E-state index contributed by atoms with van der Waals surface area (Å²) in [7, 11) is 0. The number of esters is 1. The highest BCUT2D eigenvalue weighted by atomic mass is 16.5. The van der Waals surface area contributed by atoms with Crippen LogP contribution in [0.2, 0.25) is 0 Å². The highest BCUT2D eigenvalue weighted by Crippen LogP contribution is 2.28. The average Bonchev–Trinajstić information content (AvgIpc) is 2.98. The van der Waals surface area contributed by atoms with Crippen LogP contribution in [0.5, 0.6) is 0 Å². The van der Waals surface area contributed by atoms with Crippen LogP contribution in [0.3, 0.4) is 0 Å². The minimum Gasteiger partial charge on any atom is -0.454 e. The Morgan fingerprint density at radius 3 is 2.23 bits per heavy atom. The Bertz CT molecular complexity index is 948. The van der Waals surface area contributed by atoms with E-state index in [1.165, 1.54) is 4.90 Å². The van der Waals surface area contributed by atoms with Gasteiger partial charge in [-0.25, -0.2) is 4.79 Å². The maximum atomic E-state index is 12.8. The fraction of sp³-hybridized carbons (Fsp3) is 0.273. The number of amides is 4. The van der Waals surface area contributed by atoms with Gasteiger partial charge in [-0.15, -0.1) is 0 Å². The van der Waals surface area contributed by atoms with Gasteiger partial charge in [-0.3, -0.25) is 19.3 Å². The molecule has 0 aliphatic carbocycles. The van der Waals surface area contributed by atoms with Gasteiger partial charge in [0.25, 0.3) is 11.8 Å². The van der Waals surface area contributed by atoms with E-state index in [-0.39, 0.29) is 0 Å². The quantitative estimate of drug-likeness (QED) is 0.558. The lowest BCUT2D eigenvalue weighted by molar-refractivity contribution is -0.150. The Morgan fingerprint density at radius 1 is 1.03 bits per heavy atom. The molecule has 8 nitrogen and oxygen atoms in total. The fourth-order valence-electron chi connectivity index (χ4n) is 3.31. The van der Waals surface area contributed by atoms with Crippen molar-refractivity contribution in [3.63, 3.8) is 0 Å². The van der Waals surface area contributed by atoms with Gasteiger partial charge in [0.2, 0.25) is 0 Å². The molecular formula is C22H23N3O5. The van der Waals surface area contributed by atoms with Crippen molar-refractivity contribution in [2.75, 3.05) is 24.6 Å². The van der Waals surface area contributed by atoms with Crippen LogP contribution in [0.1, 0.15) is 19.4 Å². The smallest absolute Gasteiger partial charge is 0.326 e. The molecule has 4 amide bonds. The van der Waals surface area contributed by atoms with Crippen molar-refractivity contribution in [3.8, 4) is 0 Å². The van der Waals surface area contributed by atoms with Gasteiger partial charge in [-0.2, -0.15) is 0 Å². The van der Waals surface area contributed by atoms with Crippen LogP contribution < -0.4 is 10.2 Å². The molecule has 8 heteroatoms. The summed E-state index contributed by atoms with van der Waals surface area (Å²) >= 11 is 0. The number of carbonyl (C=O) groups excluding carboxylic acids is 4. The summed E-state index contributed by atoms with van der Waals surface area (Å²) < 4.78 is 5.04. The number of anilines is 1. The lowest BCUT2D eigenvalue weighted by atomic mass is 9.92. The van der Waals surface area contributed by atoms with E-state index in [1.54, 1.807) is 61.5 Å². The molecule has 1 aliphatic rings. The standard InChI is InChI=1S/C22H23N3O5/c1-3-24(17-12-8-5-9-13-17)18(26)15-30-19(27)14-25-20(28)22(2,23-21(25)29)16-10-6-4-7-11-16/h4-13H,3,14-15H2,1-2H3,(H,23,29). The van der Waals surface area contributed by atoms with Gasteiger partial charge in [-0.1, -0.05) is 48.5 Å². The number of nitrogens with zero attached hydrogens (tertiary/aromatic N) is 2. The van der Waals surface area contributed by atoms with E-state index in [9.17, 15) is 19.2 Å². The lowest BCUT2D eigenvalue weighted by Gasteiger charge is -2.22. The fourth-order valence-corrected chi connectivity index (χ4v) is 3.31. The van der Waals surface area contributed by atoms with E-state index in [0.717, 1.165) is 4.90 Å². The predicted molar refractivity (Wildman–Crippen MR) is 109 cm³/mol. The van der Waals surface area contributed by atoms with Crippen molar-refractivity contribution in [2.24, 2.45) is 0 Å². The van der Waals surface area contributed by atoms with E-state index in [1.807, 2.05) is 13.0 Å². The van der Waals surface area contributed by atoms with E-state index in [0.29, 0.717) is 17.8 Å². The number of ether oxygens (including phenoxy) is 1. The number of para-hydroxylation sites is 1. The highest BCUT2D eigenvalue weighted by Gasteiger charge is 2.49. The van der Waals surface area contributed by atoms with Crippen LogP contribution in [-0.2, 0) is 24.7 Å². The average molecular weight is 409 g/mol. The first-order valence-corrected chi connectivity index (χ1v) is 9.57. The van der Waals surface area contributed by atoms with Crippen molar-refractivity contribution in [2.45, 2.75) is 19.4 Å². The Labute approximate surface area is 174 Å². The number of likely N-dealkylation sites (N-methyl/N-ethyl adjacent to an activating group) is 1. The van der Waals surface area contributed by atoms with Crippen LogP contribution >= 0.6 is 0 Å². The van der Waals surface area contributed by atoms with E-state index < -0.39 is 42.5 Å². The maximum absolute atomic E-state index is 12.8. The molecule has 1 fully saturated rings. The van der Waals surface area contributed by atoms with Crippen LogP contribution in [-0.4, -0.2) is 48.4 Å². The summed E-state index contributed by atoms with van der Waals surface area (Å²) in [6, 6.07) is 17.1. The Hall–Kier alpha value is -3.68. The number of benzene rings is 2. The third-order valence-corrected chi connectivity index (χ3v) is 4.96. The van der Waals surface area contributed by atoms with E-state index in [2.05, 4.69) is 5.32 Å². The molecule has 1 aliphatic heterocycles. The molecule has 0 bridgehead atoms. The van der Waals surface area contributed by atoms with Gasteiger partial charge < -0.3 is 15.0 Å². The normalized spacial score (nSPS) is 18.1. The van der Waals surface area contributed by atoms with Gasteiger partial charge >= 0.3 is 12.0 Å². The minimum absolute atomic E-state index is 0.400. The van der Waals surface area contributed by atoms with Crippen LogP contribution in [0.25, 0.3) is 0 Å². The first-order chi connectivity index (χ1) is 14.4. The monoisotopic (exact) mass is 409 g/mol. The lowest BCUT2D eigenvalue weighted by Crippen LogP contribution is -2.42. The maximum Gasteiger partial charge on any atom is 0.326 e. The number of hydrogen-bond donors (Lipinski definition) is 1. The summed E-state index contributed by atoms with van der Waals surface area (Å²) in [5, 5.41) is 2.62. The third-order valence-electron chi connectivity index (χ3n) is 4.96. The number of nitrogens with one attached hydrogen (secondary N) is 1. The zero-order valence-corrected chi connectivity index (χ0v) is 16.8. The number of hydrogen-bond acceptors (Lipinski definition) is 5. The van der Waals surface area contributed by atoms with Gasteiger partial charge in [-0.05, 0) is 31.5 Å².